The molecule has 0 aromatic heterocycles. The molecule has 7 nitrogen and oxygen atoms in total. The molecule has 3 aliphatic rings. The Morgan fingerprint density at radius 2 is 2.00 bits per heavy atom. The number of carbonyl (C=O) groups excluding carboxylic acids is 1. The van der Waals surface area contributed by atoms with Crippen molar-refractivity contribution in [3.8, 4) is 16.9 Å². The zero-order valence-corrected chi connectivity index (χ0v) is 20.9. The van der Waals surface area contributed by atoms with Gasteiger partial charge in [-0.3, -0.25) is 9.69 Å². The number of nitrogens with zero attached hydrogens (tertiary/aromatic N) is 3. The molecule has 186 valence electrons. The molecule has 8 heteroatoms. The highest BCUT2D eigenvalue weighted by Crippen LogP contribution is 2.50. The minimum absolute atomic E-state index is 0.0587. The lowest BCUT2D eigenvalue weighted by Gasteiger charge is -2.53. The van der Waals surface area contributed by atoms with Gasteiger partial charge in [-0.2, -0.15) is 5.10 Å². The molecular weight excluding hydrogens is 447 g/mol. The number of ether oxygens (including phenoxy) is 1. The molecule has 0 spiro atoms. The molecule has 2 N–H and O–H groups in total. The van der Waals surface area contributed by atoms with E-state index >= 15 is 4.39 Å². The molecule has 0 bridgehead atoms. The Balaban J connectivity index is 1.59. The van der Waals surface area contributed by atoms with Gasteiger partial charge in [-0.05, 0) is 61.4 Å². The second kappa shape index (κ2) is 8.31. The van der Waals surface area contributed by atoms with Crippen LogP contribution in [0.15, 0.2) is 41.5 Å². The van der Waals surface area contributed by atoms with Crippen molar-refractivity contribution in [1.82, 2.24) is 10.3 Å². The number of nitrogens with one attached hydrogen (secondary N) is 1. The molecule has 35 heavy (non-hydrogen) atoms. The summed E-state index contributed by atoms with van der Waals surface area (Å²) >= 11 is 0. The lowest BCUT2D eigenvalue weighted by molar-refractivity contribution is -0.122. The van der Waals surface area contributed by atoms with Crippen LogP contribution in [-0.4, -0.2) is 59.6 Å². The number of hydrazone groups is 1. The summed E-state index contributed by atoms with van der Waals surface area (Å²) in [5, 5.41) is 14.4. The van der Waals surface area contributed by atoms with E-state index in [1.165, 1.54) is 6.07 Å². The highest BCUT2D eigenvalue weighted by atomic mass is 19.1. The van der Waals surface area contributed by atoms with Crippen molar-refractivity contribution < 1.29 is 19.0 Å². The molecule has 0 aliphatic carbocycles. The minimum Gasteiger partial charge on any atom is -0.483 e. The van der Waals surface area contributed by atoms with E-state index < -0.39 is 11.6 Å². The Hall–Kier alpha value is -2.97. The predicted octanol–water partition coefficient (Wildman–Crippen LogP) is 3.72. The van der Waals surface area contributed by atoms with E-state index in [9.17, 15) is 9.90 Å². The number of halogens is 1. The van der Waals surface area contributed by atoms with Crippen LogP contribution in [0.5, 0.6) is 5.75 Å². The maximum absolute atomic E-state index is 15.0. The van der Waals surface area contributed by atoms with E-state index in [0.717, 1.165) is 29.9 Å². The normalized spacial score (nSPS) is 22.3. The average Bonchev–Trinajstić information content (AvgIpc) is 2.78. The Morgan fingerprint density at radius 1 is 1.29 bits per heavy atom. The molecular formula is C27H33FN4O3. The first kappa shape index (κ1) is 23.8. The Kier molecular flexibility index (Phi) is 5.64. The largest absolute Gasteiger partial charge is 0.483 e. The van der Waals surface area contributed by atoms with E-state index in [2.05, 4.69) is 35.3 Å². The number of likely N-dealkylation sites (tertiary alicyclic amines) is 1. The Morgan fingerprint density at radius 3 is 2.69 bits per heavy atom. The van der Waals surface area contributed by atoms with Gasteiger partial charge in [-0.1, -0.05) is 32.0 Å². The van der Waals surface area contributed by atoms with Crippen molar-refractivity contribution in [3.63, 3.8) is 0 Å². The van der Waals surface area contributed by atoms with Crippen LogP contribution in [-0.2, 0) is 4.79 Å². The van der Waals surface area contributed by atoms with Gasteiger partial charge in [0.05, 0.1) is 11.3 Å². The minimum atomic E-state index is -0.757. The predicted molar refractivity (Wildman–Crippen MR) is 134 cm³/mol. The standard InChI is InChI=1S/C27H33FN4O3/c1-16(27(5)14-31(15-27)13-26(3,4)34)19-10-22-23(11-20(19)18-8-6-7-9-21(18)28)35-12-24-29-30-25(33)17(2)32(22)24/h6-11,16-17,34H,12-15H2,1-5H3,(H,30,33). The third kappa shape index (κ3) is 4.19. The quantitative estimate of drug-likeness (QED) is 0.682. The fourth-order valence-electron chi connectivity index (χ4n) is 5.64. The van der Waals surface area contributed by atoms with Gasteiger partial charge in [0.15, 0.2) is 5.84 Å². The van der Waals surface area contributed by atoms with Crippen molar-refractivity contribution >= 4 is 17.4 Å². The maximum atomic E-state index is 15.0. The fourth-order valence-corrected chi connectivity index (χ4v) is 5.64. The van der Waals surface area contributed by atoms with Crippen molar-refractivity contribution in [2.24, 2.45) is 10.5 Å². The van der Waals surface area contributed by atoms with Gasteiger partial charge in [0.2, 0.25) is 0 Å². The summed E-state index contributed by atoms with van der Waals surface area (Å²) in [6.45, 7) is 12.4. The van der Waals surface area contributed by atoms with Gasteiger partial charge in [-0.25, -0.2) is 9.82 Å². The van der Waals surface area contributed by atoms with E-state index in [0.29, 0.717) is 23.7 Å². The monoisotopic (exact) mass is 480 g/mol. The first-order chi connectivity index (χ1) is 16.5. The van der Waals surface area contributed by atoms with Crippen molar-refractivity contribution in [1.29, 1.82) is 0 Å². The SMILES string of the molecule is CC1C(=O)NN=C2COc3cc(-c4ccccc4F)c(C(C)C4(C)CN(CC(C)(C)O)C4)cc3N21. The van der Waals surface area contributed by atoms with Crippen LogP contribution < -0.4 is 15.1 Å². The first-order valence-corrected chi connectivity index (χ1v) is 12.1. The summed E-state index contributed by atoms with van der Waals surface area (Å²) in [4.78, 5) is 16.6. The number of aliphatic hydroxyl groups is 1. The third-order valence-electron chi connectivity index (χ3n) is 7.54. The summed E-state index contributed by atoms with van der Waals surface area (Å²) < 4.78 is 21.0. The van der Waals surface area contributed by atoms with Gasteiger partial charge in [0.25, 0.3) is 5.91 Å². The number of carbonyl (C=O) groups is 1. The first-order valence-electron chi connectivity index (χ1n) is 12.1. The number of hydrogen-bond donors (Lipinski definition) is 2. The molecule has 2 atom stereocenters. The van der Waals surface area contributed by atoms with Crippen LogP contribution in [0.2, 0.25) is 0 Å². The van der Waals surface area contributed by atoms with Crippen molar-refractivity contribution in [2.75, 3.05) is 31.1 Å². The number of benzene rings is 2. The number of hydrogen-bond acceptors (Lipinski definition) is 6. The van der Waals surface area contributed by atoms with E-state index in [1.54, 1.807) is 12.1 Å². The van der Waals surface area contributed by atoms with E-state index in [-0.39, 0.29) is 29.7 Å². The topological polar surface area (TPSA) is 77.4 Å². The summed E-state index contributed by atoms with van der Waals surface area (Å²) in [5.74, 6) is 0.876. The van der Waals surface area contributed by atoms with Crippen LogP contribution >= 0.6 is 0 Å². The number of amides is 1. The summed E-state index contributed by atoms with van der Waals surface area (Å²) in [7, 11) is 0. The lowest BCUT2D eigenvalue weighted by atomic mass is 9.67. The summed E-state index contributed by atoms with van der Waals surface area (Å²) in [6.07, 6.45) is 0. The van der Waals surface area contributed by atoms with Gasteiger partial charge < -0.3 is 14.7 Å². The molecule has 1 saturated heterocycles. The van der Waals surface area contributed by atoms with Gasteiger partial charge >= 0.3 is 0 Å². The third-order valence-corrected chi connectivity index (χ3v) is 7.54. The summed E-state index contributed by atoms with van der Waals surface area (Å²) in [6, 6.07) is 10.3. The highest BCUT2D eigenvalue weighted by molar-refractivity contribution is 6.09. The molecule has 1 fully saturated rings. The molecule has 2 unspecified atom stereocenters. The van der Waals surface area contributed by atoms with Crippen LogP contribution in [0.3, 0.4) is 0 Å². The fraction of sp³-hybridized carbons (Fsp3) is 0.481. The number of anilines is 1. The number of amidine groups is 1. The molecule has 2 aromatic rings. The van der Waals surface area contributed by atoms with E-state index in [1.807, 2.05) is 37.8 Å². The van der Waals surface area contributed by atoms with E-state index in [4.69, 9.17) is 4.74 Å². The number of rotatable bonds is 5. The molecule has 0 radical (unpaired) electrons. The van der Waals surface area contributed by atoms with Crippen LogP contribution in [0, 0.1) is 11.2 Å². The maximum Gasteiger partial charge on any atom is 0.262 e. The highest BCUT2D eigenvalue weighted by Gasteiger charge is 2.46. The second-order valence-electron chi connectivity index (χ2n) is 11.1. The number of fused-ring (bicyclic) bond motifs is 3. The molecule has 1 amide bonds. The lowest BCUT2D eigenvalue weighted by Crippen LogP contribution is -2.60. The molecule has 5 rings (SSSR count). The second-order valence-corrected chi connectivity index (χ2v) is 11.1. The average molecular weight is 481 g/mol. The molecule has 3 heterocycles. The molecule has 3 aliphatic heterocycles. The molecule has 2 aromatic carbocycles. The zero-order chi connectivity index (χ0) is 25.1. The smallest absolute Gasteiger partial charge is 0.262 e. The van der Waals surface area contributed by atoms with Crippen LogP contribution in [0.25, 0.3) is 11.1 Å². The van der Waals surface area contributed by atoms with Crippen molar-refractivity contribution in [3.05, 3.63) is 47.8 Å². The van der Waals surface area contributed by atoms with Gasteiger partial charge in [0, 0.05) is 25.2 Å². The van der Waals surface area contributed by atoms with Crippen LogP contribution in [0.1, 0.15) is 46.1 Å². The van der Waals surface area contributed by atoms with Crippen molar-refractivity contribution in [2.45, 2.75) is 52.2 Å². The number of β-amino-alcohol motifs (C(OH)–C–C–N with tert-alkyl or cyclic N) is 1. The zero-order valence-electron chi connectivity index (χ0n) is 20.9. The Bertz CT molecular complexity index is 1200. The summed E-state index contributed by atoms with van der Waals surface area (Å²) in [5.41, 5.74) is 4.85. The Labute approximate surface area is 205 Å². The van der Waals surface area contributed by atoms with Crippen LogP contribution in [0.4, 0.5) is 10.1 Å². The van der Waals surface area contributed by atoms with Gasteiger partial charge in [0.1, 0.15) is 24.2 Å². The molecule has 0 saturated carbocycles. The van der Waals surface area contributed by atoms with Gasteiger partial charge in [-0.15, -0.1) is 0 Å².